The molecule has 1 aliphatic heterocycles. The highest BCUT2D eigenvalue weighted by Gasteiger charge is 2.33. The molecule has 1 aliphatic rings. The van der Waals surface area contributed by atoms with Gasteiger partial charge in [-0.2, -0.15) is 0 Å². The van der Waals surface area contributed by atoms with E-state index in [1.165, 1.54) is 32.5 Å². The number of aryl methyl sites for hydroxylation is 1. The molecule has 2 aromatic carbocycles. The monoisotopic (exact) mass is 696 g/mol. The Kier molecular flexibility index (Phi) is 10.4. The number of anilines is 1. The van der Waals surface area contributed by atoms with Crippen LogP contribution in [-0.2, 0) is 12.1 Å². The summed E-state index contributed by atoms with van der Waals surface area (Å²) in [4.78, 5) is 44.9. The fourth-order valence-corrected chi connectivity index (χ4v) is 7.15. The minimum atomic E-state index is -1.58. The van der Waals surface area contributed by atoms with Gasteiger partial charge in [-0.1, -0.05) is 30.3 Å². The highest BCUT2D eigenvalue weighted by Crippen LogP contribution is 2.35. The van der Waals surface area contributed by atoms with Crippen molar-refractivity contribution in [3.63, 3.8) is 0 Å². The number of aliphatic hydroxyl groups is 1. The number of oxazole rings is 1. The Bertz CT molecular complexity index is 1930. The Balaban J connectivity index is 1.28. The van der Waals surface area contributed by atoms with E-state index in [0.29, 0.717) is 35.3 Å². The summed E-state index contributed by atoms with van der Waals surface area (Å²) in [5.41, 5.74) is 2.35. The van der Waals surface area contributed by atoms with Crippen LogP contribution in [0.25, 0.3) is 11.5 Å². The second-order valence-corrected chi connectivity index (χ2v) is 14.1. The molecular formula is C38H41FN6O4S. The Morgan fingerprint density at radius 1 is 1.16 bits per heavy atom. The van der Waals surface area contributed by atoms with Crippen LogP contribution in [-0.4, -0.2) is 69.1 Å². The highest BCUT2D eigenvalue weighted by atomic mass is 32.1. The maximum Gasteiger partial charge on any atom is 0.254 e. The van der Waals surface area contributed by atoms with Crippen molar-refractivity contribution in [1.29, 1.82) is 0 Å². The molecule has 0 saturated carbocycles. The predicted octanol–water partition coefficient (Wildman–Crippen LogP) is 6.52. The molecule has 0 spiro atoms. The first-order chi connectivity index (χ1) is 24.0. The van der Waals surface area contributed by atoms with Crippen LogP contribution >= 0.6 is 11.3 Å². The standard InChI is InChI=1S/C38H41FN6O4S/c1-24-23-50-36(42-24)32-11-8-13-45(32)37(48)28-17-26(16-27(18-28)35-41-12-14-49-35)34(47)43-31(15-25-9-6-5-7-10-25)33(46)22-44(4)30-19-29(20-40-21-30)38(2,3)39/h5-7,9-10,12,14,16-21,23,31-33,46H,8,11,13,15,22H2,1-4H3,(H,43,47)/t31-,32+,33+/m0/s1. The quantitative estimate of drug-likeness (QED) is 0.151. The number of hydrogen-bond donors (Lipinski definition) is 2. The van der Waals surface area contributed by atoms with Crippen LogP contribution < -0.4 is 10.2 Å². The molecule has 3 aromatic heterocycles. The summed E-state index contributed by atoms with van der Waals surface area (Å²) in [6.07, 6.45) is 7.01. The molecule has 12 heteroatoms. The molecule has 2 N–H and O–H groups in total. The zero-order valence-electron chi connectivity index (χ0n) is 28.5. The number of nitrogens with zero attached hydrogens (tertiary/aromatic N) is 5. The van der Waals surface area contributed by atoms with Crippen LogP contribution in [0.4, 0.5) is 10.1 Å². The number of carbonyl (C=O) groups is 2. The number of likely N-dealkylation sites (N-methyl/N-ethyl adjacent to an activating group) is 1. The van der Waals surface area contributed by atoms with Crippen molar-refractivity contribution < 1.29 is 23.5 Å². The van der Waals surface area contributed by atoms with Crippen molar-refractivity contribution in [3.8, 4) is 11.5 Å². The average molecular weight is 697 g/mol. The molecule has 50 heavy (non-hydrogen) atoms. The van der Waals surface area contributed by atoms with Crippen LogP contribution in [0, 0.1) is 6.92 Å². The first-order valence-corrected chi connectivity index (χ1v) is 17.5. The number of amides is 2. The lowest BCUT2D eigenvalue weighted by molar-refractivity contribution is 0.0735. The lowest BCUT2D eigenvalue weighted by Gasteiger charge is -2.30. The van der Waals surface area contributed by atoms with Crippen LogP contribution in [0.2, 0.25) is 0 Å². The van der Waals surface area contributed by atoms with Gasteiger partial charge in [-0.25, -0.2) is 14.4 Å². The van der Waals surface area contributed by atoms with E-state index in [9.17, 15) is 19.1 Å². The molecule has 5 aromatic rings. The number of aliphatic hydroxyl groups excluding tert-OH is 1. The molecule has 1 fully saturated rings. The third-order valence-electron chi connectivity index (χ3n) is 8.95. The Morgan fingerprint density at radius 3 is 2.64 bits per heavy atom. The zero-order valence-corrected chi connectivity index (χ0v) is 29.4. The molecule has 0 radical (unpaired) electrons. The van der Waals surface area contributed by atoms with Gasteiger partial charge in [0, 0.05) is 59.7 Å². The lowest BCUT2D eigenvalue weighted by atomic mass is 9.98. The Labute approximate surface area is 295 Å². The molecule has 260 valence electrons. The van der Waals surface area contributed by atoms with Gasteiger partial charge in [0.1, 0.15) is 16.9 Å². The van der Waals surface area contributed by atoms with Gasteiger partial charge in [-0.3, -0.25) is 14.6 Å². The number of likely N-dealkylation sites (tertiary alicyclic amines) is 1. The first-order valence-electron chi connectivity index (χ1n) is 16.6. The van der Waals surface area contributed by atoms with E-state index in [4.69, 9.17) is 4.42 Å². The molecule has 4 heterocycles. The number of carbonyl (C=O) groups excluding carboxylic acids is 2. The van der Waals surface area contributed by atoms with E-state index >= 15 is 0 Å². The number of nitrogens with one attached hydrogen (secondary N) is 1. The summed E-state index contributed by atoms with van der Waals surface area (Å²) in [6.45, 7) is 5.58. The summed E-state index contributed by atoms with van der Waals surface area (Å²) in [6, 6.07) is 15.3. The number of alkyl halides is 1. The lowest BCUT2D eigenvalue weighted by Crippen LogP contribution is -2.49. The van der Waals surface area contributed by atoms with Gasteiger partial charge in [0.05, 0.1) is 36.3 Å². The number of hydrogen-bond acceptors (Lipinski definition) is 9. The number of benzene rings is 2. The van der Waals surface area contributed by atoms with E-state index in [1.54, 1.807) is 53.7 Å². The van der Waals surface area contributed by atoms with E-state index in [0.717, 1.165) is 29.1 Å². The summed E-state index contributed by atoms with van der Waals surface area (Å²) < 4.78 is 20.3. The molecule has 0 unspecified atom stereocenters. The van der Waals surface area contributed by atoms with Crippen molar-refractivity contribution in [1.82, 2.24) is 25.2 Å². The maximum absolute atomic E-state index is 14.7. The Morgan fingerprint density at radius 2 is 1.94 bits per heavy atom. The number of rotatable bonds is 12. The molecule has 0 bridgehead atoms. The van der Waals surface area contributed by atoms with Crippen LogP contribution in [0.3, 0.4) is 0 Å². The number of thiazole rings is 1. The van der Waals surface area contributed by atoms with Crippen molar-refractivity contribution in [3.05, 3.63) is 118 Å². The molecule has 0 aliphatic carbocycles. The number of halogens is 1. The smallest absolute Gasteiger partial charge is 0.254 e. The van der Waals surface area contributed by atoms with Gasteiger partial charge in [0.25, 0.3) is 11.8 Å². The van der Waals surface area contributed by atoms with Crippen molar-refractivity contribution in [2.75, 3.05) is 25.0 Å². The first kappa shape index (κ1) is 34.9. The predicted molar refractivity (Wildman–Crippen MR) is 191 cm³/mol. The molecule has 3 atom stereocenters. The highest BCUT2D eigenvalue weighted by molar-refractivity contribution is 7.09. The van der Waals surface area contributed by atoms with E-state index in [1.807, 2.05) is 47.5 Å². The van der Waals surface area contributed by atoms with Crippen molar-refractivity contribution in [2.45, 2.75) is 63.9 Å². The molecule has 6 rings (SSSR count). The second-order valence-electron chi connectivity index (χ2n) is 13.2. The normalized spacial score (nSPS) is 15.9. The Hall–Kier alpha value is -4.94. The summed E-state index contributed by atoms with van der Waals surface area (Å²) in [7, 11) is 1.78. The molecular weight excluding hydrogens is 656 g/mol. The van der Waals surface area contributed by atoms with Gasteiger partial charge < -0.3 is 24.6 Å². The van der Waals surface area contributed by atoms with E-state index in [2.05, 4.69) is 20.3 Å². The maximum atomic E-state index is 14.7. The fourth-order valence-electron chi connectivity index (χ4n) is 6.21. The zero-order chi connectivity index (χ0) is 35.4. The largest absolute Gasteiger partial charge is 0.445 e. The van der Waals surface area contributed by atoms with Crippen LogP contribution in [0.5, 0.6) is 0 Å². The van der Waals surface area contributed by atoms with Gasteiger partial charge in [-0.15, -0.1) is 11.3 Å². The van der Waals surface area contributed by atoms with Crippen molar-refractivity contribution in [2.24, 2.45) is 0 Å². The van der Waals surface area contributed by atoms with Gasteiger partial charge >= 0.3 is 0 Å². The summed E-state index contributed by atoms with van der Waals surface area (Å²) in [5.74, 6) is -0.402. The minimum absolute atomic E-state index is 0.127. The van der Waals surface area contributed by atoms with Gasteiger partial charge in [0.15, 0.2) is 0 Å². The van der Waals surface area contributed by atoms with E-state index in [-0.39, 0.29) is 29.9 Å². The number of pyridine rings is 1. The molecule has 2 amide bonds. The third kappa shape index (κ3) is 8.09. The summed E-state index contributed by atoms with van der Waals surface area (Å²) >= 11 is 1.55. The number of aromatic nitrogens is 3. The average Bonchev–Trinajstić information content (AvgIpc) is 3.90. The van der Waals surface area contributed by atoms with Crippen molar-refractivity contribution >= 4 is 28.8 Å². The topological polar surface area (TPSA) is 125 Å². The molecule has 1 saturated heterocycles. The van der Waals surface area contributed by atoms with Gasteiger partial charge in [0.2, 0.25) is 5.89 Å². The fraction of sp³-hybridized carbons (Fsp3) is 0.342. The summed E-state index contributed by atoms with van der Waals surface area (Å²) in [5, 5.41) is 17.5. The van der Waals surface area contributed by atoms with E-state index < -0.39 is 23.7 Å². The minimum Gasteiger partial charge on any atom is -0.445 e. The van der Waals surface area contributed by atoms with Gasteiger partial charge in [-0.05, 0) is 69.9 Å². The SMILES string of the molecule is Cc1csc([C@H]2CCCN2C(=O)c2cc(C(=O)N[C@@H](Cc3ccccc3)[C@H](O)CN(C)c3cncc(C(C)(C)F)c3)cc(-c3ncco3)c2)n1. The third-order valence-corrected chi connectivity index (χ3v) is 10.0. The molecule has 10 nitrogen and oxygen atoms in total. The van der Waals surface area contributed by atoms with Crippen LogP contribution in [0.15, 0.2) is 89.2 Å². The second kappa shape index (κ2) is 14.9. The van der Waals surface area contributed by atoms with Crippen LogP contribution in [0.1, 0.15) is 75.3 Å².